The molecule has 0 radical (unpaired) electrons. The number of aliphatic hydroxyl groups excluding tert-OH is 1. The Balaban J connectivity index is 2.21. The first-order valence-corrected chi connectivity index (χ1v) is 6.64. The second-order valence-electron chi connectivity index (χ2n) is 4.92. The zero-order valence-corrected chi connectivity index (χ0v) is 11.2. The maximum Gasteiger partial charge on any atom is 0.108 e. The zero-order valence-electron chi connectivity index (χ0n) is 11.2. The lowest BCUT2D eigenvalue weighted by atomic mass is 9.84. The van der Waals surface area contributed by atoms with Gasteiger partial charge in [0.15, 0.2) is 0 Å². The number of benzene rings is 1. The fourth-order valence-corrected chi connectivity index (χ4v) is 2.55. The van der Waals surface area contributed by atoms with E-state index in [1.54, 1.807) is 0 Å². The predicted molar refractivity (Wildman–Crippen MR) is 70.5 cm³/mol. The lowest BCUT2D eigenvalue weighted by Crippen LogP contribution is -2.44. The summed E-state index contributed by atoms with van der Waals surface area (Å²) < 4.78 is 11.3. The van der Waals surface area contributed by atoms with Crippen LogP contribution in [-0.2, 0) is 9.47 Å². The Hall–Kier alpha value is -0.900. The minimum absolute atomic E-state index is 0.484. The van der Waals surface area contributed by atoms with Crippen molar-refractivity contribution in [1.82, 2.24) is 0 Å². The molecule has 1 atom stereocenters. The van der Waals surface area contributed by atoms with Crippen molar-refractivity contribution in [1.29, 1.82) is 0 Å². The highest BCUT2D eigenvalue weighted by Gasteiger charge is 2.41. The van der Waals surface area contributed by atoms with Crippen LogP contribution in [0.15, 0.2) is 24.3 Å². The maximum absolute atomic E-state index is 10.6. The first-order chi connectivity index (χ1) is 8.68. The van der Waals surface area contributed by atoms with Gasteiger partial charge in [-0.15, -0.1) is 0 Å². The fourth-order valence-electron chi connectivity index (χ4n) is 2.55. The van der Waals surface area contributed by atoms with Crippen LogP contribution in [0.25, 0.3) is 0 Å². The highest BCUT2D eigenvalue weighted by atomic mass is 16.5. The van der Waals surface area contributed by atoms with Gasteiger partial charge < -0.3 is 14.6 Å². The summed E-state index contributed by atoms with van der Waals surface area (Å²) in [6.07, 6.45) is 0.910. The second kappa shape index (κ2) is 5.83. The molecule has 1 heterocycles. The summed E-state index contributed by atoms with van der Waals surface area (Å²) in [5.41, 5.74) is 1.64. The summed E-state index contributed by atoms with van der Waals surface area (Å²) >= 11 is 0. The topological polar surface area (TPSA) is 38.7 Å². The van der Waals surface area contributed by atoms with E-state index in [9.17, 15) is 5.11 Å². The van der Waals surface area contributed by atoms with Gasteiger partial charge in [-0.05, 0) is 19.4 Å². The lowest BCUT2D eigenvalue weighted by Gasteiger charge is -2.40. The average Bonchev–Trinajstić information content (AvgIpc) is 2.40. The molecule has 1 N–H and O–H groups in total. The first-order valence-electron chi connectivity index (χ1n) is 6.64. The molecule has 0 amide bonds. The largest absolute Gasteiger partial charge is 0.385 e. The van der Waals surface area contributed by atoms with Crippen molar-refractivity contribution < 1.29 is 14.6 Å². The monoisotopic (exact) mass is 250 g/mol. The smallest absolute Gasteiger partial charge is 0.108 e. The molecule has 18 heavy (non-hydrogen) atoms. The standard InChI is InChI=1S/C15H22O3/c1-3-18-15(8-10-17-11-9-15)14(16)13-6-4-12(2)5-7-13/h4-7,14,16H,3,8-11H2,1-2H3. The van der Waals surface area contributed by atoms with Crippen molar-refractivity contribution >= 4 is 0 Å². The van der Waals surface area contributed by atoms with E-state index in [2.05, 4.69) is 0 Å². The molecule has 0 spiro atoms. The van der Waals surface area contributed by atoms with Gasteiger partial charge in [0.05, 0.1) is 0 Å². The van der Waals surface area contributed by atoms with Crippen LogP contribution in [0.5, 0.6) is 0 Å². The summed E-state index contributed by atoms with van der Waals surface area (Å²) in [5.74, 6) is 0. The average molecular weight is 250 g/mol. The number of ether oxygens (including phenoxy) is 2. The van der Waals surface area contributed by atoms with Gasteiger partial charge in [-0.3, -0.25) is 0 Å². The SMILES string of the molecule is CCOC1(C(O)c2ccc(C)cc2)CCOCC1. The van der Waals surface area contributed by atoms with E-state index >= 15 is 0 Å². The van der Waals surface area contributed by atoms with Crippen LogP contribution < -0.4 is 0 Å². The molecule has 0 saturated carbocycles. The molecular weight excluding hydrogens is 228 g/mol. The normalized spacial score (nSPS) is 20.6. The zero-order chi connectivity index (χ0) is 13.0. The number of aryl methyl sites for hydroxylation is 1. The van der Waals surface area contributed by atoms with Gasteiger partial charge >= 0.3 is 0 Å². The van der Waals surface area contributed by atoms with Gasteiger partial charge in [0.1, 0.15) is 11.7 Å². The van der Waals surface area contributed by atoms with E-state index in [4.69, 9.17) is 9.47 Å². The van der Waals surface area contributed by atoms with E-state index < -0.39 is 11.7 Å². The van der Waals surface area contributed by atoms with Crippen LogP contribution >= 0.6 is 0 Å². The number of aliphatic hydroxyl groups is 1. The van der Waals surface area contributed by atoms with Crippen molar-refractivity contribution in [3.05, 3.63) is 35.4 Å². The van der Waals surface area contributed by atoms with Crippen LogP contribution in [-0.4, -0.2) is 30.5 Å². The molecule has 0 bridgehead atoms. The third-order valence-corrected chi connectivity index (χ3v) is 3.66. The summed E-state index contributed by atoms with van der Waals surface area (Å²) in [7, 11) is 0. The van der Waals surface area contributed by atoms with Crippen molar-refractivity contribution in [3.63, 3.8) is 0 Å². The van der Waals surface area contributed by atoms with Crippen molar-refractivity contribution in [2.45, 2.75) is 38.4 Å². The molecule has 1 aliphatic heterocycles. The van der Waals surface area contributed by atoms with E-state index in [1.165, 1.54) is 5.56 Å². The maximum atomic E-state index is 10.6. The minimum atomic E-state index is -0.582. The van der Waals surface area contributed by atoms with E-state index in [-0.39, 0.29) is 0 Å². The van der Waals surface area contributed by atoms with Gasteiger partial charge in [-0.25, -0.2) is 0 Å². The number of hydrogen-bond acceptors (Lipinski definition) is 3. The van der Waals surface area contributed by atoms with Gasteiger partial charge in [0.2, 0.25) is 0 Å². The number of rotatable bonds is 4. The predicted octanol–water partition coefficient (Wildman–Crippen LogP) is 2.61. The Kier molecular flexibility index (Phi) is 4.38. The molecule has 3 heteroatoms. The Bertz CT molecular complexity index is 360. The summed E-state index contributed by atoms with van der Waals surface area (Å²) in [5, 5.41) is 10.6. The van der Waals surface area contributed by atoms with E-state index in [1.807, 2.05) is 38.1 Å². The fraction of sp³-hybridized carbons (Fsp3) is 0.600. The Morgan fingerprint density at radius 3 is 2.44 bits per heavy atom. The van der Waals surface area contributed by atoms with Gasteiger partial charge in [-0.1, -0.05) is 29.8 Å². The van der Waals surface area contributed by atoms with Gasteiger partial charge in [0, 0.05) is 32.7 Å². The molecule has 1 saturated heterocycles. The molecule has 1 aromatic carbocycles. The number of hydrogen-bond donors (Lipinski definition) is 1. The third kappa shape index (κ3) is 2.74. The molecule has 1 aromatic rings. The highest BCUT2D eigenvalue weighted by Crippen LogP contribution is 2.37. The Morgan fingerprint density at radius 1 is 1.28 bits per heavy atom. The molecule has 0 aromatic heterocycles. The van der Waals surface area contributed by atoms with Crippen LogP contribution in [0.4, 0.5) is 0 Å². The lowest BCUT2D eigenvalue weighted by molar-refractivity contribution is -0.168. The molecule has 100 valence electrons. The quantitative estimate of drug-likeness (QED) is 0.892. The summed E-state index contributed by atoms with van der Waals surface area (Å²) in [6, 6.07) is 8.02. The minimum Gasteiger partial charge on any atom is -0.385 e. The van der Waals surface area contributed by atoms with E-state index in [0.717, 1.165) is 18.4 Å². The van der Waals surface area contributed by atoms with Gasteiger partial charge in [-0.2, -0.15) is 0 Å². The second-order valence-corrected chi connectivity index (χ2v) is 4.92. The van der Waals surface area contributed by atoms with Crippen LogP contribution in [0.1, 0.15) is 37.0 Å². The molecule has 1 fully saturated rings. The van der Waals surface area contributed by atoms with E-state index in [0.29, 0.717) is 19.8 Å². The molecular formula is C15H22O3. The summed E-state index contributed by atoms with van der Waals surface area (Å²) in [4.78, 5) is 0. The van der Waals surface area contributed by atoms with Crippen LogP contribution in [0.3, 0.4) is 0 Å². The summed E-state index contributed by atoms with van der Waals surface area (Å²) in [6.45, 7) is 5.94. The van der Waals surface area contributed by atoms with Crippen molar-refractivity contribution in [3.8, 4) is 0 Å². The molecule has 2 rings (SSSR count). The highest BCUT2D eigenvalue weighted by molar-refractivity contribution is 5.25. The van der Waals surface area contributed by atoms with Crippen molar-refractivity contribution in [2.24, 2.45) is 0 Å². The van der Waals surface area contributed by atoms with Crippen LogP contribution in [0.2, 0.25) is 0 Å². The molecule has 3 nitrogen and oxygen atoms in total. The Labute approximate surface area is 109 Å². The molecule has 1 unspecified atom stereocenters. The third-order valence-electron chi connectivity index (χ3n) is 3.66. The van der Waals surface area contributed by atoms with Crippen LogP contribution in [0, 0.1) is 6.92 Å². The van der Waals surface area contributed by atoms with Crippen molar-refractivity contribution in [2.75, 3.05) is 19.8 Å². The molecule has 0 aliphatic carbocycles. The molecule has 1 aliphatic rings. The van der Waals surface area contributed by atoms with Gasteiger partial charge in [0.25, 0.3) is 0 Å². The Morgan fingerprint density at radius 2 is 1.89 bits per heavy atom. The first kappa shape index (κ1) is 13.5.